The van der Waals surface area contributed by atoms with Gasteiger partial charge in [0.25, 0.3) is 0 Å². The first kappa shape index (κ1) is 20.3. The highest BCUT2D eigenvalue weighted by atomic mass is 16.6. The smallest absolute Gasteiger partial charge is 0.303 e. The average Bonchev–Trinajstić information content (AvgIpc) is 2.77. The molecule has 1 aliphatic carbocycles. The summed E-state index contributed by atoms with van der Waals surface area (Å²) in [5.41, 5.74) is 4.26. The van der Waals surface area contributed by atoms with Gasteiger partial charge >= 0.3 is 11.9 Å². The zero-order chi connectivity index (χ0) is 22.6. The Morgan fingerprint density at radius 3 is 2.19 bits per heavy atom. The predicted molar refractivity (Wildman–Crippen MR) is 128 cm³/mol. The fourth-order valence-corrected chi connectivity index (χ4v) is 5.11. The van der Waals surface area contributed by atoms with Gasteiger partial charge in [0.05, 0.1) is 0 Å². The summed E-state index contributed by atoms with van der Waals surface area (Å²) in [4.78, 5) is 23.5. The second-order valence-electron chi connectivity index (χ2n) is 8.41. The van der Waals surface area contributed by atoms with E-state index in [2.05, 4.69) is 56.3 Å². The Kier molecular flexibility index (Phi) is 4.74. The van der Waals surface area contributed by atoms with Gasteiger partial charge in [0.1, 0.15) is 0 Å². The summed E-state index contributed by atoms with van der Waals surface area (Å²) in [6.07, 6.45) is 2.49. The molecule has 4 aromatic carbocycles. The lowest BCUT2D eigenvalue weighted by Gasteiger charge is -2.30. The minimum absolute atomic E-state index is 0.411. The molecule has 0 heterocycles. The van der Waals surface area contributed by atoms with Gasteiger partial charge in [-0.05, 0) is 68.9 Å². The normalized spacial score (nSPS) is 17.5. The van der Waals surface area contributed by atoms with Gasteiger partial charge in [-0.3, -0.25) is 9.59 Å². The molecule has 0 fully saturated rings. The molecule has 160 valence electrons. The molecule has 32 heavy (non-hydrogen) atoms. The van der Waals surface area contributed by atoms with E-state index in [1.165, 1.54) is 51.9 Å². The van der Waals surface area contributed by atoms with Crippen LogP contribution in [0, 0.1) is 13.8 Å². The van der Waals surface area contributed by atoms with Crippen molar-refractivity contribution in [3.8, 4) is 0 Å². The van der Waals surface area contributed by atoms with E-state index in [0.717, 1.165) is 16.5 Å². The lowest BCUT2D eigenvalue weighted by molar-refractivity contribution is -0.162. The summed E-state index contributed by atoms with van der Waals surface area (Å²) in [6.45, 7) is 7.05. The summed E-state index contributed by atoms with van der Waals surface area (Å²) in [5, 5.41) is 7.21. The number of esters is 2. The molecule has 0 radical (unpaired) electrons. The number of rotatable bonds is 2. The van der Waals surface area contributed by atoms with E-state index in [4.69, 9.17) is 9.47 Å². The van der Waals surface area contributed by atoms with Gasteiger partial charge in [0.15, 0.2) is 12.2 Å². The molecule has 2 atom stereocenters. The van der Waals surface area contributed by atoms with Crippen LogP contribution in [0.1, 0.15) is 42.2 Å². The van der Waals surface area contributed by atoms with Gasteiger partial charge in [-0.2, -0.15) is 0 Å². The number of aryl methyl sites for hydroxylation is 2. The van der Waals surface area contributed by atoms with Gasteiger partial charge in [-0.25, -0.2) is 0 Å². The Hall–Kier alpha value is -3.66. The summed E-state index contributed by atoms with van der Waals surface area (Å²) < 4.78 is 11.1. The number of ether oxygens (including phenoxy) is 2. The maximum atomic E-state index is 11.9. The van der Waals surface area contributed by atoms with Crippen LogP contribution in [0.2, 0.25) is 0 Å². The van der Waals surface area contributed by atoms with Crippen molar-refractivity contribution in [2.45, 2.75) is 39.9 Å². The number of fused-ring (bicyclic) bond motifs is 6. The van der Waals surface area contributed by atoms with Gasteiger partial charge < -0.3 is 9.47 Å². The van der Waals surface area contributed by atoms with Crippen LogP contribution in [-0.4, -0.2) is 18.0 Å². The molecule has 0 amide bonds. The fraction of sp³-hybridized carbons (Fsp3) is 0.214. The molecule has 1 aliphatic rings. The predicted octanol–water partition coefficient (Wildman–Crippen LogP) is 6.33. The molecule has 0 spiro atoms. The molecule has 0 aromatic heterocycles. The third kappa shape index (κ3) is 3.06. The van der Waals surface area contributed by atoms with Crippen molar-refractivity contribution >= 4 is 50.3 Å². The van der Waals surface area contributed by atoms with E-state index >= 15 is 0 Å². The SMILES string of the molecule is CC(=O)O[C@H]1C=Cc2c(ccc3c(C)c4ccc5ccccc5c4c(C)c23)[C@@H]1OC(C)=O. The van der Waals surface area contributed by atoms with Crippen LogP contribution in [0.15, 0.2) is 54.6 Å². The number of benzene rings is 4. The Morgan fingerprint density at radius 2 is 1.44 bits per heavy atom. The number of hydrogen-bond acceptors (Lipinski definition) is 4. The van der Waals surface area contributed by atoms with Crippen molar-refractivity contribution < 1.29 is 19.1 Å². The first-order chi connectivity index (χ1) is 15.4. The van der Waals surface area contributed by atoms with E-state index < -0.39 is 24.1 Å². The molecule has 0 aliphatic heterocycles. The number of carbonyl (C=O) groups excluding carboxylic acids is 2. The van der Waals surface area contributed by atoms with Crippen LogP contribution in [0.3, 0.4) is 0 Å². The van der Waals surface area contributed by atoms with Crippen LogP contribution in [0.4, 0.5) is 0 Å². The minimum atomic E-state index is -0.677. The summed E-state index contributed by atoms with van der Waals surface area (Å²) in [7, 11) is 0. The highest BCUT2D eigenvalue weighted by molar-refractivity contribution is 6.17. The van der Waals surface area contributed by atoms with Crippen molar-refractivity contribution in [2.24, 2.45) is 0 Å². The third-order valence-electron chi connectivity index (χ3n) is 6.42. The van der Waals surface area contributed by atoms with Gasteiger partial charge in [0.2, 0.25) is 0 Å². The summed E-state index contributed by atoms with van der Waals surface area (Å²) >= 11 is 0. The zero-order valence-corrected chi connectivity index (χ0v) is 18.6. The molecule has 4 nitrogen and oxygen atoms in total. The molecule has 0 N–H and O–H groups in total. The van der Waals surface area contributed by atoms with E-state index in [9.17, 15) is 9.59 Å². The van der Waals surface area contributed by atoms with Gasteiger partial charge in [0, 0.05) is 19.4 Å². The molecular weight excluding hydrogens is 400 g/mol. The van der Waals surface area contributed by atoms with Crippen molar-refractivity contribution in [3.05, 3.63) is 76.9 Å². The molecule has 5 rings (SSSR count). The highest BCUT2D eigenvalue weighted by Crippen LogP contribution is 2.43. The van der Waals surface area contributed by atoms with E-state index in [0.29, 0.717) is 0 Å². The highest BCUT2D eigenvalue weighted by Gasteiger charge is 2.32. The Balaban J connectivity index is 1.86. The molecular formula is C28H24O4. The minimum Gasteiger partial charge on any atom is -0.454 e. The standard InChI is InChI=1S/C28H24O4/c1-15-20-10-9-19-7-5-6-8-22(19)26(20)16(2)27-21(15)11-12-24-23(27)13-14-25(31-17(3)29)28(24)32-18(4)30/h5-14,25,28H,1-4H3/t25-,28-/m0/s1. The lowest BCUT2D eigenvalue weighted by atomic mass is 9.83. The van der Waals surface area contributed by atoms with Crippen LogP contribution < -0.4 is 0 Å². The monoisotopic (exact) mass is 424 g/mol. The van der Waals surface area contributed by atoms with Crippen molar-refractivity contribution in [1.29, 1.82) is 0 Å². The number of hydrogen-bond donors (Lipinski definition) is 0. The number of carbonyl (C=O) groups is 2. The third-order valence-corrected chi connectivity index (χ3v) is 6.42. The van der Waals surface area contributed by atoms with Gasteiger partial charge in [-0.15, -0.1) is 0 Å². The lowest BCUT2D eigenvalue weighted by Crippen LogP contribution is -2.28. The Labute approximate surface area is 186 Å². The molecule has 0 saturated heterocycles. The molecule has 4 heteroatoms. The van der Waals surface area contributed by atoms with Crippen LogP contribution in [0.25, 0.3) is 38.4 Å². The quantitative estimate of drug-likeness (QED) is 0.214. The summed E-state index contributed by atoms with van der Waals surface area (Å²) in [6, 6.07) is 16.9. The maximum Gasteiger partial charge on any atom is 0.303 e. The van der Waals surface area contributed by atoms with Gasteiger partial charge in [-0.1, -0.05) is 54.6 Å². The molecule has 4 aromatic rings. The Morgan fingerprint density at radius 1 is 0.750 bits per heavy atom. The molecule has 0 bridgehead atoms. The van der Waals surface area contributed by atoms with E-state index in [-0.39, 0.29) is 0 Å². The van der Waals surface area contributed by atoms with Crippen LogP contribution in [0.5, 0.6) is 0 Å². The molecule has 0 saturated carbocycles. The summed E-state index contributed by atoms with van der Waals surface area (Å²) in [5.74, 6) is -0.823. The van der Waals surface area contributed by atoms with Crippen molar-refractivity contribution in [2.75, 3.05) is 0 Å². The first-order valence-electron chi connectivity index (χ1n) is 10.8. The van der Waals surface area contributed by atoms with Crippen molar-refractivity contribution in [3.63, 3.8) is 0 Å². The van der Waals surface area contributed by atoms with Crippen LogP contribution >= 0.6 is 0 Å². The average molecular weight is 424 g/mol. The first-order valence-corrected chi connectivity index (χ1v) is 10.8. The van der Waals surface area contributed by atoms with E-state index in [1.807, 2.05) is 18.2 Å². The topological polar surface area (TPSA) is 52.6 Å². The Bertz CT molecular complexity index is 1460. The van der Waals surface area contributed by atoms with Crippen molar-refractivity contribution in [1.82, 2.24) is 0 Å². The van der Waals surface area contributed by atoms with Crippen LogP contribution in [-0.2, 0) is 19.1 Å². The fourth-order valence-electron chi connectivity index (χ4n) is 5.11. The molecule has 0 unspecified atom stereocenters. The maximum absolute atomic E-state index is 11.9. The second-order valence-corrected chi connectivity index (χ2v) is 8.41. The second kappa shape index (κ2) is 7.49. The van der Waals surface area contributed by atoms with E-state index in [1.54, 1.807) is 0 Å². The zero-order valence-electron chi connectivity index (χ0n) is 18.6. The largest absolute Gasteiger partial charge is 0.454 e.